The minimum absolute atomic E-state index is 0.269. The van der Waals surface area contributed by atoms with Crippen molar-refractivity contribution in [2.75, 3.05) is 0 Å². The zero-order valence-corrected chi connectivity index (χ0v) is 9.35. The normalized spacial score (nSPS) is 10.5. The highest BCUT2D eigenvalue weighted by molar-refractivity contribution is 4.75. The molecule has 0 bridgehead atoms. The Balaban J connectivity index is 2.10. The molecule has 0 fully saturated rings. The number of nitrogens with zero attached hydrogens (tertiary/aromatic N) is 3. The first-order valence-corrected chi connectivity index (χ1v) is 5.73. The Morgan fingerprint density at radius 1 is 1.20 bits per heavy atom. The van der Waals surface area contributed by atoms with Gasteiger partial charge < -0.3 is 0 Å². The molecule has 0 saturated carbocycles. The molecule has 4 heteroatoms. The molecule has 0 radical (unpaired) electrons. The summed E-state index contributed by atoms with van der Waals surface area (Å²) in [6.07, 6.45) is 9.27. The van der Waals surface area contributed by atoms with Gasteiger partial charge in [-0.3, -0.25) is 9.48 Å². The maximum absolute atomic E-state index is 10.7. The number of aromatic nitrogens is 3. The molecule has 1 heterocycles. The molecule has 15 heavy (non-hydrogen) atoms. The molecule has 1 aromatic heterocycles. The highest BCUT2D eigenvalue weighted by Crippen LogP contribution is 2.05. The average molecular weight is 209 g/mol. The van der Waals surface area contributed by atoms with E-state index in [1.165, 1.54) is 38.2 Å². The van der Waals surface area contributed by atoms with Crippen molar-refractivity contribution in [1.29, 1.82) is 0 Å². The number of hydrogen-bond donors (Lipinski definition) is 0. The van der Waals surface area contributed by atoms with Crippen LogP contribution < -0.4 is 5.56 Å². The Morgan fingerprint density at radius 3 is 2.60 bits per heavy atom. The van der Waals surface area contributed by atoms with Gasteiger partial charge in [0.1, 0.15) is 0 Å². The van der Waals surface area contributed by atoms with Crippen LogP contribution in [0.4, 0.5) is 0 Å². The van der Waals surface area contributed by atoms with Crippen LogP contribution in [0.1, 0.15) is 45.4 Å². The van der Waals surface area contributed by atoms with E-state index in [0.717, 1.165) is 13.0 Å². The van der Waals surface area contributed by atoms with Gasteiger partial charge in [-0.2, -0.15) is 0 Å². The molecule has 0 N–H and O–H groups in total. The van der Waals surface area contributed by atoms with Crippen LogP contribution in [0.3, 0.4) is 0 Å². The van der Waals surface area contributed by atoms with Crippen LogP contribution in [0.2, 0.25) is 0 Å². The summed E-state index contributed by atoms with van der Waals surface area (Å²) in [5.74, 6) is 0. The first kappa shape index (κ1) is 11.9. The van der Waals surface area contributed by atoms with Crippen LogP contribution in [-0.4, -0.2) is 15.0 Å². The predicted octanol–water partition coefficient (Wildman–Crippen LogP) is 2.00. The summed E-state index contributed by atoms with van der Waals surface area (Å²) >= 11 is 0. The summed E-state index contributed by atoms with van der Waals surface area (Å²) in [6.45, 7) is 3.08. The smallest absolute Gasteiger partial charge is 0.266 e. The summed E-state index contributed by atoms with van der Waals surface area (Å²) in [6, 6.07) is 1.45. The summed E-state index contributed by atoms with van der Waals surface area (Å²) in [5.41, 5.74) is -0.269. The van der Waals surface area contributed by atoms with Crippen LogP contribution >= 0.6 is 0 Å². The van der Waals surface area contributed by atoms with Crippen LogP contribution in [0.25, 0.3) is 0 Å². The molecule has 0 spiro atoms. The van der Waals surface area contributed by atoms with Crippen LogP contribution in [0.5, 0.6) is 0 Å². The van der Waals surface area contributed by atoms with Gasteiger partial charge in [0.05, 0.1) is 0 Å². The number of hydrogen-bond acceptors (Lipinski definition) is 3. The minimum atomic E-state index is -0.269. The summed E-state index contributed by atoms with van der Waals surface area (Å²) < 4.78 is 1.72. The average Bonchev–Trinajstić information content (AvgIpc) is 2.26. The van der Waals surface area contributed by atoms with Gasteiger partial charge in [-0.1, -0.05) is 49.3 Å². The van der Waals surface area contributed by atoms with E-state index in [-0.39, 0.29) is 5.56 Å². The second-order valence-corrected chi connectivity index (χ2v) is 3.77. The summed E-state index contributed by atoms with van der Waals surface area (Å²) in [5, 5.41) is 7.23. The molecule has 1 aromatic rings. The second kappa shape index (κ2) is 7.15. The summed E-state index contributed by atoms with van der Waals surface area (Å²) in [4.78, 5) is 10.7. The minimum Gasteiger partial charge on any atom is -0.266 e. The Kier molecular flexibility index (Phi) is 5.66. The van der Waals surface area contributed by atoms with Crippen molar-refractivity contribution in [3.63, 3.8) is 0 Å². The zero-order valence-electron chi connectivity index (χ0n) is 9.35. The van der Waals surface area contributed by atoms with Crippen molar-refractivity contribution in [1.82, 2.24) is 15.0 Å². The molecular formula is C11H19N3O. The molecule has 0 aliphatic rings. The maximum atomic E-state index is 10.7. The predicted molar refractivity (Wildman–Crippen MR) is 59.7 cm³/mol. The highest BCUT2D eigenvalue weighted by atomic mass is 16.1. The van der Waals surface area contributed by atoms with Gasteiger partial charge in [0, 0.05) is 18.8 Å². The van der Waals surface area contributed by atoms with E-state index in [4.69, 9.17) is 0 Å². The van der Waals surface area contributed by atoms with Crippen molar-refractivity contribution >= 4 is 0 Å². The monoisotopic (exact) mass is 209 g/mol. The maximum Gasteiger partial charge on any atom is 0.291 e. The lowest BCUT2D eigenvalue weighted by atomic mass is 10.1. The molecule has 0 saturated heterocycles. The molecule has 0 aliphatic carbocycles. The lowest BCUT2D eigenvalue weighted by Crippen LogP contribution is -2.13. The van der Waals surface area contributed by atoms with Gasteiger partial charge in [-0.05, 0) is 6.42 Å². The third-order valence-electron chi connectivity index (χ3n) is 2.39. The van der Waals surface area contributed by atoms with Crippen LogP contribution in [0.15, 0.2) is 17.1 Å². The quantitative estimate of drug-likeness (QED) is 0.645. The van der Waals surface area contributed by atoms with Crippen molar-refractivity contribution < 1.29 is 0 Å². The van der Waals surface area contributed by atoms with E-state index in [0.29, 0.717) is 0 Å². The highest BCUT2D eigenvalue weighted by Gasteiger charge is 1.93. The van der Waals surface area contributed by atoms with Gasteiger partial charge in [0.15, 0.2) is 0 Å². The topological polar surface area (TPSA) is 47.8 Å². The Morgan fingerprint density at radius 2 is 1.93 bits per heavy atom. The van der Waals surface area contributed by atoms with Crippen LogP contribution in [-0.2, 0) is 6.54 Å². The van der Waals surface area contributed by atoms with E-state index in [1.807, 2.05) is 0 Å². The number of rotatable bonds is 7. The van der Waals surface area contributed by atoms with Crippen molar-refractivity contribution in [3.05, 3.63) is 22.6 Å². The number of aryl methyl sites for hydroxylation is 1. The van der Waals surface area contributed by atoms with Gasteiger partial charge in [0.25, 0.3) is 5.56 Å². The molecule has 0 atom stereocenters. The lowest BCUT2D eigenvalue weighted by Gasteiger charge is -2.02. The zero-order chi connectivity index (χ0) is 10.9. The van der Waals surface area contributed by atoms with E-state index < -0.39 is 0 Å². The molecular weight excluding hydrogens is 190 g/mol. The Bertz CT molecular complexity index is 301. The third-order valence-corrected chi connectivity index (χ3v) is 2.39. The molecule has 0 amide bonds. The van der Waals surface area contributed by atoms with Crippen molar-refractivity contribution in [3.8, 4) is 0 Å². The van der Waals surface area contributed by atoms with E-state index in [2.05, 4.69) is 17.2 Å². The number of unbranched alkanes of at least 4 members (excludes halogenated alkanes) is 5. The Hall–Kier alpha value is -1.19. The van der Waals surface area contributed by atoms with E-state index in [9.17, 15) is 4.79 Å². The lowest BCUT2D eigenvalue weighted by molar-refractivity contribution is 0.498. The third kappa shape index (κ3) is 5.30. The second-order valence-electron chi connectivity index (χ2n) is 3.77. The fraction of sp³-hybridized carbons (Fsp3) is 0.727. The van der Waals surface area contributed by atoms with E-state index in [1.54, 1.807) is 10.9 Å². The largest absolute Gasteiger partial charge is 0.291 e. The van der Waals surface area contributed by atoms with Gasteiger partial charge in [-0.25, -0.2) is 0 Å². The van der Waals surface area contributed by atoms with Crippen LogP contribution in [0, 0.1) is 0 Å². The Labute approximate surface area is 90.3 Å². The fourth-order valence-electron chi connectivity index (χ4n) is 1.49. The van der Waals surface area contributed by atoms with Gasteiger partial charge in [-0.15, -0.1) is 0 Å². The van der Waals surface area contributed by atoms with Gasteiger partial charge in [0.2, 0.25) is 0 Å². The standard InChI is InChI=1S/C11H19N3O/c1-2-3-4-5-6-7-9-14-10-8-11(15)12-13-14/h8,10H,2-7,9H2,1H3. The molecule has 0 unspecified atom stereocenters. The molecule has 4 nitrogen and oxygen atoms in total. The SMILES string of the molecule is CCCCCCCCn1ccc(=O)nn1. The van der Waals surface area contributed by atoms with Crippen molar-refractivity contribution in [2.24, 2.45) is 0 Å². The first-order chi connectivity index (χ1) is 7.33. The molecule has 84 valence electrons. The molecule has 0 aromatic carbocycles. The molecule has 0 aliphatic heterocycles. The van der Waals surface area contributed by atoms with Gasteiger partial charge >= 0.3 is 0 Å². The van der Waals surface area contributed by atoms with E-state index >= 15 is 0 Å². The first-order valence-electron chi connectivity index (χ1n) is 5.73. The fourth-order valence-corrected chi connectivity index (χ4v) is 1.49. The van der Waals surface area contributed by atoms with Crippen molar-refractivity contribution in [2.45, 2.75) is 52.0 Å². The summed E-state index contributed by atoms with van der Waals surface area (Å²) in [7, 11) is 0. The molecule has 1 rings (SSSR count).